The number of carbonyl (C=O) groups is 2. The van der Waals surface area contributed by atoms with Gasteiger partial charge >= 0.3 is 5.97 Å². The Kier molecular flexibility index (Phi) is 18.8. The molecule has 0 bridgehead atoms. The topological polar surface area (TPSA) is 221 Å². The van der Waals surface area contributed by atoms with E-state index in [0.29, 0.717) is 19.3 Å². The van der Waals surface area contributed by atoms with Gasteiger partial charge in [0.05, 0.1) is 31.2 Å². The fourth-order valence-electron chi connectivity index (χ4n) is 5.97. The molecule has 12 heteroatoms. The van der Waals surface area contributed by atoms with E-state index in [1.165, 1.54) is 18.2 Å². The molecule has 1 atom stereocenters. The summed E-state index contributed by atoms with van der Waals surface area (Å²) in [5.41, 5.74) is 20.2. The second-order valence-electron chi connectivity index (χ2n) is 15.7. The van der Waals surface area contributed by atoms with Crippen LogP contribution in [0.25, 0.3) is 10.9 Å². The maximum absolute atomic E-state index is 13.6. The van der Waals surface area contributed by atoms with Crippen LogP contribution in [0.1, 0.15) is 110 Å². The molecule has 1 heterocycles. The van der Waals surface area contributed by atoms with Gasteiger partial charge in [0.2, 0.25) is 5.91 Å². The van der Waals surface area contributed by atoms with Gasteiger partial charge in [0.25, 0.3) is 0 Å². The van der Waals surface area contributed by atoms with Crippen molar-refractivity contribution >= 4 is 35.5 Å². The lowest BCUT2D eigenvalue weighted by Crippen LogP contribution is -2.49. The second-order valence-corrected chi connectivity index (χ2v) is 15.7. The van der Waals surface area contributed by atoms with Crippen LogP contribution in [0.3, 0.4) is 0 Å². The van der Waals surface area contributed by atoms with Gasteiger partial charge in [-0.1, -0.05) is 68.4 Å². The summed E-state index contributed by atoms with van der Waals surface area (Å²) in [6, 6.07) is 3.81. The predicted molar refractivity (Wildman–Crippen MR) is 206 cm³/mol. The summed E-state index contributed by atoms with van der Waals surface area (Å²) in [5.74, 6) is -0.543. The Balaban J connectivity index is 0.00000356. The van der Waals surface area contributed by atoms with E-state index in [4.69, 9.17) is 21.3 Å². The number of H-pyrrole nitrogens is 1. The Morgan fingerprint density at radius 3 is 1.76 bits per heavy atom. The number of methoxy groups -OCH3 is 1. The molecule has 12 nitrogen and oxygen atoms in total. The number of esters is 1. The van der Waals surface area contributed by atoms with E-state index >= 15 is 0 Å². The molecule has 0 saturated carbocycles. The maximum atomic E-state index is 13.6. The van der Waals surface area contributed by atoms with Gasteiger partial charge in [-0.3, -0.25) is 20.4 Å². The Morgan fingerprint density at radius 1 is 0.878 bits per heavy atom. The average Bonchev–Trinajstić information content (AvgIpc) is 3.37. The number of nitrogens with one attached hydrogen (secondary N) is 6. The van der Waals surface area contributed by atoms with Crippen molar-refractivity contribution < 1.29 is 14.3 Å². The van der Waals surface area contributed by atoms with Gasteiger partial charge < -0.3 is 42.9 Å². The molecule has 0 aliphatic carbocycles. The molecule has 0 aliphatic heterocycles. The summed E-state index contributed by atoms with van der Waals surface area (Å²) in [7, 11) is 5.21. The lowest BCUT2D eigenvalue weighted by atomic mass is 9.77. The van der Waals surface area contributed by atoms with Gasteiger partial charge in [-0.2, -0.15) is 0 Å². The number of hydrogen-bond donors (Lipinski definition) is 9. The van der Waals surface area contributed by atoms with Crippen molar-refractivity contribution in [3.8, 4) is 0 Å². The first-order valence-electron chi connectivity index (χ1n) is 17.2. The summed E-state index contributed by atoms with van der Waals surface area (Å²) in [6.45, 7) is 21.8. The second kappa shape index (κ2) is 20.3. The lowest BCUT2D eigenvalue weighted by molar-refractivity contribution is -0.154. The molecule has 280 valence electrons. The monoisotopic (exact) mass is 688 g/mol. The van der Waals surface area contributed by atoms with Crippen molar-refractivity contribution in [2.24, 2.45) is 22.6 Å². The van der Waals surface area contributed by atoms with Gasteiger partial charge in [0.1, 0.15) is 0 Å². The number of amides is 1. The fourth-order valence-corrected chi connectivity index (χ4v) is 5.97. The zero-order chi connectivity index (χ0) is 38.2. The third-order valence-electron chi connectivity index (χ3n) is 8.57. The van der Waals surface area contributed by atoms with Crippen LogP contribution in [-0.4, -0.2) is 76.4 Å². The average molecular weight is 688 g/mol. The molecule has 0 fully saturated rings. The van der Waals surface area contributed by atoms with E-state index in [2.05, 4.69) is 107 Å². The van der Waals surface area contributed by atoms with Crippen molar-refractivity contribution in [1.82, 2.24) is 20.9 Å². The first-order chi connectivity index (χ1) is 22.6. The highest BCUT2D eigenvalue weighted by molar-refractivity contribution is 5.91. The molecular weight excluding hydrogens is 618 g/mol. The van der Waals surface area contributed by atoms with Gasteiger partial charge in [0.15, 0.2) is 0 Å². The van der Waals surface area contributed by atoms with Crippen molar-refractivity contribution in [2.75, 3.05) is 40.8 Å². The fraction of sp³-hybridized carbons (Fsp3) is 0.676. The molecule has 2 aromatic rings. The number of carbonyl (C=O) groups excluding carboxylic acids is 2. The number of ether oxygens (including phenoxy) is 1. The predicted octanol–water partition coefficient (Wildman–Crippen LogP) is 4.31. The molecule has 49 heavy (non-hydrogen) atoms. The molecule has 12 N–H and O–H groups in total. The van der Waals surface area contributed by atoms with Crippen molar-refractivity contribution in [3.63, 3.8) is 0 Å². The number of benzene rings is 1. The van der Waals surface area contributed by atoms with Crippen molar-refractivity contribution in [3.05, 3.63) is 34.5 Å². The number of hydrogen-bond acceptors (Lipinski definition) is 8. The van der Waals surface area contributed by atoms with Crippen molar-refractivity contribution in [1.29, 1.82) is 10.8 Å². The number of rotatable bonds is 14. The molecule has 0 unspecified atom stereocenters. The van der Waals surface area contributed by atoms with E-state index in [1.54, 1.807) is 0 Å². The minimum Gasteiger partial charge on any atom is -0.469 e. The Bertz CT molecular complexity index is 1320. The third-order valence-corrected chi connectivity index (χ3v) is 8.57. The van der Waals surface area contributed by atoms with Crippen molar-refractivity contribution in [2.45, 2.75) is 117 Å². The highest BCUT2D eigenvalue weighted by Gasteiger charge is 2.39. The van der Waals surface area contributed by atoms with Crippen LogP contribution in [0, 0.1) is 16.2 Å². The van der Waals surface area contributed by atoms with Gasteiger partial charge in [-0.25, -0.2) is 0 Å². The van der Waals surface area contributed by atoms with Crippen LogP contribution in [0.4, 0.5) is 0 Å². The molecule has 1 aromatic heterocycles. The quantitative estimate of drug-likeness (QED) is 0.0601. The smallest absolute Gasteiger partial charge is 0.313 e. The molecule has 1 amide bonds. The van der Waals surface area contributed by atoms with Gasteiger partial charge in [-0.15, -0.1) is 0 Å². The van der Waals surface area contributed by atoms with Crippen LogP contribution in [-0.2, 0) is 37.0 Å². The summed E-state index contributed by atoms with van der Waals surface area (Å²) >= 11 is 0. The number of fused-ring (bicyclic) bond motifs is 1. The first-order valence-corrected chi connectivity index (χ1v) is 17.2. The SMILES string of the molecule is CNCCCC(CCCNC)(CNC(=O)[C@@H](N)Cc1c(C(C)(C)C)[nH]c2cc(C(C)(C)C)cc(C(C)(C)C)c12)C(=O)OC.N=CN.N=CN. The zero-order valence-corrected chi connectivity index (χ0v) is 32.5. The normalized spacial score (nSPS) is 12.6. The van der Waals surface area contributed by atoms with E-state index in [-0.39, 0.29) is 34.7 Å². The van der Waals surface area contributed by atoms with Crippen LogP contribution >= 0.6 is 0 Å². The molecular formula is C37H69N9O3. The number of aromatic amines is 1. The van der Waals surface area contributed by atoms with E-state index in [0.717, 1.165) is 60.8 Å². The third kappa shape index (κ3) is 13.7. The van der Waals surface area contributed by atoms with Crippen LogP contribution < -0.4 is 33.2 Å². The summed E-state index contributed by atoms with van der Waals surface area (Å²) in [4.78, 5) is 30.5. The summed E-state index contributed by atoms with van der Waals surface area (Å²) in [5, 5.41) is 22.3. The van der Waals surface area contributed by atoms with Crippen LogP contribution in [0.2, 0.25) is 0 Å². The Hall–Kier alpha value is -3.48. The first kappa shape index (κ1) is 45.5. The minimum atomic E-state index is -0.808. The largest absolute Gasteiger partial charge is 0.469 e. The van der Waals surface area contributed by atoms with E-state index in [1.807, 2.05) is 14.1 Å². The molecule has 2 rings (SSSR count). The lowest BCUT2D eigenvalue weighted by Gasteiger charge is -2.32. The van der Waals surface area contributed by atoms with Crippen LogP contribution in [0.15, 0.2) is 12.1 Å². The van der Waals surface area contributed by atoms with E-state index < -0.39 is 11.5 Å². The highest BCUT2D eigenvalue weighted by Crippen LogP contribution is 2.41. The standard InChI is InChI=1S/C35H61N5O3.2CH4N2/c1-32(2,3)23-19-25(33(4,5)6)28-24(29(34(7,8)9)40-27(28)20-23)21-26(36)30(41)39-22-35(31(42)43-12,15-13-17-37-10)16-14-18-38-11;2*2-1-3/h19-20,26,37-38,40H,13-18,21-22,36H2,1-12H3,(H,39,41);2*1H,(H3,2,3)/t26-;;/m0../s1. The molecule has 0 radical (unpaired) electrons. The number of aromatic nitrogens is 1. The zero-order valence-electron chi connectivity index (χ0n) is 32.5. The molecule has 0 saturated heterocycles. The Labute approximate surface area is 295 Å². The summed E-state index contributed by atoms with van der Waals surface area (Å²) in [6.07, 6.45) is 4.71. The molecule has 1 aromatic carbocycles. The summed E-state index contributed by atoms with van der Waals surface area (Å²) < 4.78 is 5.27. The maximum Gasteiger partial charge on any atom is 0.313 e. The minimum absolute atomic E-state index is 0.00976. The molecule has 0 spiro atoms. The van der Waals surface area contributed by atoms with Crippen LogP contribution in [0.5, 0.6) is 0 Å². The molecule has 0 aliphatic rings. The highest BCUT2D eigenvalue weighted by atomic mass is 16.5. The van der Waals surface area contributed by atoms with E-state index in [9.17, 15) is 9.59 Å². The van der Waals surface area contributed by atoms with Gasteiger partial charge in [-0.05, 0) is 92.9 Å². The Morgan fingerprint density at radius 2 is 1.37 bits per heavy atom. The number of nitrogens with two attached hydrogens (primary N) is 3. The van der Waals surface area contributed by atoms with Gasteiger partial charge in [0, 0.05) is 28.6 Å².